The Morgan fingerprint density at radius 1 is 1.18 bits per heavy atom. The van der Waals surface area contributed by atoms with E-state index in [9.17, 15) is 10.1 Å². The monoisotopic (exact) mass is 450 g/mol. The molecule has 7 nitrogen and oxygen atoms in total. The van der Waals surface area contributed by atoms with Gasteiger partial charge in [-0.1, -0.05) is 0 Å². The molecule has 5 rings (SSSR count). The molecule has 0 saturated carbocycles. The third-order valence-electron chi connectivity index (χ3n) is 5.89. The summed E-state index contributed by atoms with van der Waals surface area (Å²) in [6.45, 7) is 5.58. The van der Waals surface area contributed by atoms with Crippen molar-refractivity contribution >= 4 is 21.9 Å². The highest BCUT2D eigenvalue weighted by molar-refractivity contribution is 5.87. The lowest BCUT2D eigenvalue weighted by Crippen LogP contribution is -2.11. The zero-order chi connectivity index (χ0) is 24.0. The number of rotatable bonds is 4. The van der Waals surface area contributed by atoms with Gasteiger partial charge in [0, 0.05) is 41.5 Å². The number of hydrogen-bond acceptors (Lipinski definition) is 6. The zero-order valence-electron chi connectivity index (χ0n) is 19.3. The van der Waals surface area contributed by atoms with Gasteiger partial charge in [0.05, 0.1) is 10.9 Å². The number of hydrogen-bond donors (Lipinski definition) is 0. The van der Waals surface area contributed by atoms with Crippen LogP contribution in [0.5, 0.6) is 5.75 Å². The number of nitrogens with zero attached hydrogens (tertiary/aromatic N) is 4. The Balaban J connectivity index is 1.69. The van der Waals surface area contributed by atoms with Crippen LogP contribution in [0.3, 0.4) is 0 Å². The number of aromatic nitrogens is 3. The summed E-state index contributed by atoms with van der Waals surface area (Å²) in [6, 6.07) is 15.1. The van der Waals surface area contributed by atoms with Crippen LogP contribution in [0.4, 0.5) is 0 Å². The minimum atomic E-state index is -0.488. The first kappa shape index (κ1) is 21.4. The highest BCUT2D eigenvalue weighted by Crippen LogP contribution is 2.34. The van der Waals surface area contributed by atoms with Crippen molar-refractivity contribution in [1.29, 1.82) is 5.26 Å². The average molecular weight is 450 g/mol. The highest BCUT2D eigenvalue weighted by atomic mass is 16.5. The number of aryl methyl sites for hydroxylation is 2. The van der Waals surface area contributed by atoms with Crippen LogP contribution in [-0.2, 0) is 7.05 Å². The smallest absolute Gasteiger partial charge is 0.196 e. The first-order valence-electron chi connectivity index (χ1n) is 10.9. The molecular weight excluding hydrogens is 428 g/mol. The molecule has 34 heavy (non-hydrogen) atoms. The first-order valence-corrected chi connectivity index (χ1v) is 10.9. The molecule has 0 unspecified atom stereocenters. The van der Waals surface area contributed by atoms with Crippen molar-refractivity contribution in [3.8, 4) is 23.1 Å². The van der Waals surface area contributed by atoms with Crippen LogP contribution >= 0.6 is 0 Å². The van der Waals surface area contributed by atoms with Crippen molar-refractivity contribution in [1.82, 2.24) is 14.8 Å². The van der Waals surface area contributed by atoms with Gasteiger partial charge in [0.25, 0.3) is 0 Å². The molecule has 0 spiro atoms. The van der Waals surface area contributed by atoms with E-state index in [1.807, 2.05) is 63.5 Å². The number of nitriles is 1. The minimum Gasteiger partial charge on any atom is -0.483 e. The Morgan fingerprint density at radius 2 is 2.00 bits per heavy atom. The normalized spacial score (nSPS) is 12.1. The minimum absolute atomic E-state index is 0.0845. The second-order valence-electron chi connectivity index (χ2n) is 8.41. The molecule has 0 saturated heterocycles. The molecule has 0 amide bonds. The molecule has 3 aromatic heterocycles. The largest absolute Gasteiger partial charge is 0.483 e. The van der Waals surface area contributed by atoms with Gasteiger partial charge in [-0.15, -0.1) is 0 Å². The Kier molecular flexibility index (Phi) is 5.14. The lowest BCUT2D eigenvalue weighted by molar-refractivity contribution is 0.225. The quantitative estimate of drug-likeness (QED) is 0.365. The predicted molar refractivity (Wildman–Crippen MR) is 130 cm³/mol. The van der Waals surface area contributed by atoms with E-state index in [-0.39, 0.29) is 11.1 Å². The molecule has 3 heterocycles. The van der Waals surface area contributed by atoms with Crippen molar-refractivity contribution in [3.05, 3.63) is 87.5 Å². The number of benzene rings is 2. The molecule has 0 aliphatic heterocycles. The SMILES string of the molecule is Cc1cc([C@@H](C)Oc2cccnc2C#N)c2oc(-c3ccc4nn(C)cc4c3)c(C)c(=O)c2c1. The summed E-state index contributed by atoms with van der Waals surface area (Å²) in [5.41, 5.74) is 4.45. The lowest BCUT2D eigenvalue weighted by Gasteiger charge is -2.18. The molecule has 1 atom stereocenters. The fourth-order valence-corrected chi connectivity index (χ4v) is 4.26. The van der Waals surface area contributed by atoms with Gasteiger partial charge in [-0.25, -0.2) is 4.98 Å². The Hall–Kier alpha value is -4.44. The maximum atomic E-state index is 13.4. The maximum Gasteiger partial charge on any atom is 0.196 e. The Bertz CT molecular complexity index is 1670. The molecule has 0 aliphatic carbocycles. The summed E-state index contributed by atoms with van der Waals surface area (Å²) >= 11 is 0. The van der Waals surface area contributed by atoms with Gasteiger partial charge < -0.3 is 9.15 Å². The lowest BCUT2D eigenvalue weighted by atomic mass is 9.99. The second kappa shape index (κ2) is 8.16. The fraction of sp³-hybridized carbons (Fsp3) is 0.185. The van der Waals surface area contributed by atoms with Crippen molar-refractivity contribution in [2.24, 2.45) is 7.05 Å². The van der Waals surface area contributed by atoms with Crippen LogP contribution in [0.2, 0.25) is 0 Å². The summed E-state index contributed by atoms with van der Waals surface area (Å²) in [5, 5.41) is 15.2. The summed E-state index contributed by atoms with van der Waals surface area (Å²) in [7, 11) is 1.87. The predicted octanol–water partition coefficient (Wildman–Crippen LogP) is 5.37. The third-order valence-corrected chi connectivity index (χ3v) is 5.89. The van der Waals surface area contributed by atoms with E-state index >= 15 is 0 Å². The van der Waals surface area contributed by atoms with E-state index in [4.69, 9.17) is 9.15 Å². The topological polar surface area (TPSA) is 93.9 Å². The van der Waals surface area contributed by atoms with Crippen LogP contribution in [0.1, 0.15) is 35.4 Å². The highest BCUT2D eigenvalue weighted by Gasteiger charge is 2.21. The molecule has 0 radical (unpaired) electrons. The van der Waals surface area contributed by atoms with Gasteiger partial charge in [-0.3, -0.25) is 9.48 Å². The molecular formula is C27H22N4O3. The van der Waals surface area contributed by atoms with Crippen LogP contribution in [0.15, 0.2) is 64.1 Å². The maximum absolute atomic E-state index is 13.4. The second-order valence-corrected chi connectivity index (χ2v) is 8.41. The summed E-state index contributed by atoms with van der Waals surface area (Å²) in [6.07, 6.45) is 2.99. The van der Waals surface area contributed by atoms with E-state index < -0.39 is 6.10 Å². The molecule has 5 aromatic rings. The van der Waals surface area contributed by atoms with Gasteiger partial charge in [0.15, 0.2) is 16.9 Å². The summed E-state index contributed by atoms with van der Waals surface area (Å²) in [5.74, 6) is 0.892. The molecule has 0 aliphatic rings. The standard InChI is InChI=1S/C27H22N4O3/c1-15-10-20(17(3)33-24-6-5-9-29-23(24)13-28)27-21(11-15)25(32)16(2)26(34-27)18-7-8-22-19(12-18)14-31(4)30-22/h5-12,14,17H,1-4H3/t17-/m1/s1. The number of ether oxygens (including phenoxy) is 1. The van der Waals surface area contributed by atoms with Gasteiger partial charge in [0.1, 0.15) is 23.5 Å². The average Bonchev–Trinajstić information content (AvgIpc) is 3.20. The number of pyridine rings is 1. The van der Waals surface area contributed by atoms with Crippen LogP contribution < -0.4 is 10.2 Å². The molecule has 0 bridgehead atoms. The van der Waals surface area contributed by atoms with Crippen LogP contribution in [0.25, 0.3) is 33.2 Å². The van der Waals surface area contributed by atoms with Crippen molar-refractivity contribution < 1.29 is 9.15 Å². The molecule has 0 fully saturated rings. The van der Waals surface area contributed by atoms with Crippen LogP contribution in [-0.4, -0.2) is 14.8 Å². The molecule has 2 aromatic carbocycles. The molecule has 168 valence electrons. The fourth-order valence-electron chi connectivity index (χ4n) is 4.26. The van der Waals surface area contributed by atoms with Gasteiger partial charge in [0.2, 0.25) is 0 Å². The zero-order valence-corrected chi connectivity index (χ0v) is 19.3. The van der Waals surface area contributed by atoms with E-state index in [1.165, 1.54) is 0 Å². The van der Waals surface area contributed by atoms with Crippen molar-refractivity contribution in [3.63, 3.8) is 0 Å². The van der Waals surface area contributed by atoms with Gasteiger partial charge in [-0.2, -0.15) is 10.4 Å². The van der Waals surface area contributed by atoms with E-state index in [0.29, 0.717) is 28.0 Å². The van der Waals surface area contributed by atoms with Crippen LogP contribution in [0, 0.1) is 25.2 Å². The Morgan fingerprint density at radius 3 is 2.79 bits per heavy atom. The van der Waals surface area contributed by atoms with E-state index in [0.717, 1.165) is 27.6 Å². The third kappa shape index (κ3) is 3.59. The molecule has 7 heteroatoms. The number of fused-ring (bicyclic) bond motifs is 2. The van der Waals surface area contributed by atoms with E-state index in [1.54, 1.807) is 29.9 Å². The van der Waals surface area contributed by atoms with Gasteiger partial charge in [-0.05, 0) is 68.8 Å². The van der Waals surface area contributed by atoms with E-state index in [2.05, 4.69) is 10.1 Å². The first-order chi connectivity index (χ1) is 16.4. The van der Waals surface area contributed by atoms with Crippen molar-refractivity contribution in [2.75, 3.05) is 0 Å². The summed E-state index contributed by atoms with van der Waals surface area (Å²) in [4.78, 5) is 17.5. The van der Waals surface area contributed by atoms with Gasteiger partial charge >= 0.3 is 0 Å². The van der Waals surface area contributed by atoms with Crippen molar-refractivity contribution in [2.45, 2.75) is 26.9 Å². The molecule has 0 N–H and O–H groups in total. The summed E-state index contributed by atoms with van der Waals surface area (Å²) < 4.78 is 14.3. The Labute approximate surface area is 195 Å².